The van der Waals surface area contributed by atoms with E-state index in [1.54, 1.807) is 0 Å². The molecule has 0 fully saturated rings. The van der Waals surface area contributed by atoms with Gasteiger partial charge in [0, 0.05) is 5.92 Å². The molecule has 6 heteroatoms. The van der Waals surface area contributed by atoms with Crippen LogP contribution in [-0.4, -0.2) is 29.9 Å². The average Bonchev–Trinajstić information content (AvgIpc) is 2.74. The third kappa shape index (κ3) is 1.26. The Hall–Kier alpha value is -1.98. The SMILES string of the molecule is Cc1nc2nc3nc(C(C)C)[nH]c3nc2[nH]1. The van der Waals surface area contributed by atoms with Gasteiger partial charge >= 0.3 is 0 Å². The topological polar surface area (TPSA) is 83.1 Å². The van der Waals surface area contributed by atoms with Gasteiger partial charge in [0.15, 0.2) is 22.6 Å². The van der Waals surface area contributed by atoms with Gasteiger partial charge in [-0.25, -0.2) is 19.9 Å². The van der Waals surface area contributed by atoms with Crippen LogP contribution in [0.3, 0.4) is 0 Å². The number of aryl methyl sites for hydroxylation is 1. The summed E-state index contributed by atoms with van der Waals surface area (Å²) < 4.78 is 0. The van der Waals surface area contributed by atoms with Gasteiger partial charge in [0.2, 0.25) is 0 Å². The third-order valence-corrected chi connectivity index (χ3v) is 2.45. The number of rotatable bonds is 1. The lowest BCUT2D eigenvalue weighted by atomic mass is 10.2. The molecule has 2 N–H and O–H groups in total. The molecule has 82 valence electrons. The predicted molar refractivity (Wildman–Crippen MR) is 60.2 cm³/mol. The first-order chi connectivity index (χ1) is 7.63. The normalized spacial score (nSPS) is 12.0. The van der Waals surface area contributed by atoms with Crippen molar-refractivity contribution in [3.63, 3.8) is 0 Å². The van der Waals surface area contributed by atoms with Crippen molar-refractivity contribution in [3.8, 4) is 0 Å². The zero-order chi connectivity index (χ0) is 11.3. The Bertz CT molecular complexity index is 611. The molecule has 0 aliphatic carbocycles. The number of aromatic nitrogens is 6. The number of hydrogen-bond acceptors (Lipinski definition) is 4. The third-order valence-electron chi connectivity index (χ3n) is 2.45. The van der Waals surface area contributed by atoms with Crippen molar-refractivity contribution in [1.82, 2.24) is 29.9 Å². The molecule has 6 nitrogen and oxygen atoms in total. The van der Waals surface area contributed by atoms with Gasteiger partial charge in [0.25, 0.3) is 0 Å². The van der Waals surface area contributed by atoms with Crippen LogP contribution in [0, 0.1) is 6.92 Å². The standard InChI is InChI=1S/C10H12N6/c1-4(2)6-13-9-10(14-6)16-8-7(15-9)11-5(3)12-8/h4H,1-3H3,(H2,11,12,13,14,15,16). The molecule has 0 saturated heterocycles. The number of nitrogens with one attached hydrogen (secondary N) is 2. The van der Waals surface area contributed by atoms with Gasteiger partial charge in [-0.05, 0) is 6.92 Å². The molecule has 0 aromatic carbocycles. The first kappa shape index (κ1) is 9.26. The summed E-state index contributed by atoms with van der Waals surface area (Å²) in [5, 5.41) is 0. The first-order valence-corrected chi connectivity index (χ1v) is 5.23. The molecule has 0 spiro atoms. The maximum absolute atomic E-state index is 4.40. The van der Waals surface area contributed by atoms with E-state index in [0.29, 0.717) is 28.5 Å². The average molecular weight is 216 g/mol. The fourth-order valence-corrected chi connectivity index (χ4v) is 1.64. The monoisotopic (exact) mass is 216 g/mol. The van der Waals surface area contributed by atoms with Crippen LogP contribution in [0.1, 0.15) is 31.4 Å². The summed E-state index contributed by atoms with van der Waals surface area (Å²) in [5.74, 6) is 2.05. The number of hydrogen-bond donors (Lipinski definition) is 2. The van der Waals surface area contributed by atoms with Crippen molar-refractivity contribution in [2.24, 2.45) is 0 Å². The van der Waals surface area contributed by atoms with Crippen molar-refractivity contribution in [1.29, 1.82) is 0 Å². The van der Waals surface area contributed by atoms with E-state index in [0.717, 1.165) is 11.6 Å². The summed E-state index contributed by atoms with van der Waals surface area (Å²) >= 11 is 0. The van der Waals surface area contributed by atoms with Crippen LogP contribution in [0.15, 0.2) is 0 Å². The van der Waals surface area contributed by atoms with Crippen LogP contribution >= 0.6 is 0 Å². The zero-order valence-electron chi connectivity index (χ0n) is 9.37. The molecule has 0 aliphatic rings. The zero-order valence-corrected chi connectivity index (χ0v) is 9.37. The van der Waals surface area contributed by atoms with E-state index >= 15 is 0 Å². The Morgan fingerprint density at radius 2 is 1.56 bits per heavy atom. The summed E-state index contributed by atoms with van der Waals surface area (Å²) in [6.45, 7) is 6.03. The maximum Gasteiger partial charge on any atom is 0.199 e. The highest BCUT2D eigenvalue weighted by atomic mass is 15.1. The number of fused-ring (bicyclic) bond motifs is 2. The fraction of sp³-hybridized carbons (Fsp3) is 0.400. The lowest BCUT2D eigenvalue weighted by Gasteiger charge is -1.95. The van der Waals surface area contributed by atoms with Crippen molar-refractivity contribution in [2.45, 2.75) is 26.7 Å². The fourth-order valence-electron chi connectivity index (χ4n) is 1.64. The second-order valence-corrected chi connectivity index (χ2v) is 4.17. The van der Waals surface area contributed by atoms with Gasteiger partial charge in [0.05, 0.1) is 0 Å². The van der Waals surface area contributed by atoms with Crippen molar-refractivity contribution in [3.05, 3.63) is 11.6 Å². The van der Waals surface area contributed by atoms with Crippen LogP contribution in [0.2, 0.25) is 0 Å². The molecular formula is C10H12N6. The number of nitrogens with zero attached hydrogens (tertiary/aromatic N) is 4. The molecule has 3 rings (SSSR count). The quantitative estimate of drug-likeness (QED) is 0.648. The number of H-pyrrole nitrogens is 2. The van der Waals surface area contributed by atoms with Crippen molar-refractivity contribution >= 4 is 22.6 Å². The molecule has 3 aromatic rings. The Morgan fingerprint density at radius 3 is 2.31 bits per heavy atom. The minimum Gasteiger partial charge on any atom is -0.325 e. The number of aromatic amines is 2. The highest BCUT2D eigenvalue weighted by Gasteiger charge is 2.11. The molecule has 0 amide bonds. The van der Waals surface area contributed by atoms with Gasteiger partial charge in [-0.2, -0.15) is 0 Å². The molecule has 0 bridgehead atoms. The van der Waals surface area contributed by atoms with Gasteiger partial charge < -0.3 is 9.97 Å². The second-order valence-electron chi connectivity index (χ2n) is 4.17. The van der Waals surface area contributed by atoms with E-state index in [2.05, 4.69) is 43.8 Å². The van der Waals surface area contributed by atoms with E-state index < -0.39 is 0 Å². The molecule has 0 saturated carbocycles. The summed E-state index contributed by atoms with van der Waals surface area (Å²) in [5.41, 5.74) is 2.65. The van der Waals surface area contributed by atoms with Crippen molar-refractivity contribution < 1.29 is 0 Å². The second kappa shape index (κ2) is 3.01. The van der Waals surface area contributed by atoms with Crippen LogP contribution < -0.4 is 0 Å². The van der Waals surface area contributed by atoms with Crippen LogP contribution in [0.5, 0.6) is 0 Å². The van der Waals surface area contributed by atoms with E-state index in [1.807, 2.05) is 6.92 Å². The lowest BCUT2D eigenvalue weighted by molar-refractivity contribution is 0.797. The summed E-state index contributed by atoms with van der Waals surface area (Å²) in [7, 11) is 0. The predicted octanol–water partition coefficient (Wildman–Crippen LogP) is 1.66. The first-order valence-electron chi connectivity index (χ1n) is 5.23. The molecule has 16 heavy (non-hydrogen) atoms. The largest absolute Gasteiger partial charge is 0.325 e. The van der Waals surface area contributed by atoms with E-state index in [4.69, 9.17) is 0 Å². The molecule has 3 heterocycles. The Balaban J connectivity index is 2.31. The summed E-state index contributed by atoms with van der Waals surface area (Å²) in [6, 6.07) is 0. The van der Waals surface area contributed by atoms with Gasteiger partial charge in [-0.1, -0.05) is 13.8 Å². The van der Waals surface area contributed by atoms with Gasteiger partial charge in [-0.3, -0.25) is 0 Å². The highest BCUT2D eigenvalue weighted by Crippen LogP contribution is 2.16. The molecule has 0 aliphatic heterocycles. The van der Waals surface area contributed by atoms with Crippen LogP contribution in [0.4, 0.5) is 0 Å². The highest BCUT2D eigenvalue weighted by molar-refractivity contribution is 5.77. The summed E-state index contributed by atoms with van der Waals surface area (Å²) in [4.78, 5) is 23.6. The minimum atomic E-state index is 0.337. The molecule has 0 atom stereocenters. The van der Waals surface area contributed by atoms with Gasteiger partial charge in [0.1, 0.15) is 11.6 Å². The van der Waals surface area contributed by atoms with Crippen LogP contribution in [0.25, 0.3) is 22.6 Å². The molecule has 3 aromatic heterocycles. The maximum atomic E-state index is 4.40. The molecular weight excluding hydrogens is 204 g/mol. The van der Waals surface area contributed by atoms with Crippen LogP contribution in [-0.2, 0) is 0 Å². The number of imidazole rings is 2. The molecule has 0 unspecified atom stereocenters. The Labute approximate surface area is 91.6 Å². The van der Waals surface area contributed by atoms with E-state index in [-0.39, 0.29) is 0 Å². The van der Waals surface area contributed by atoms with E-state index in [9.17, 15) is 0 Å². The molecule has 0 radical (unpaired) electrons. The Kier molecular flexibility index (Phi) is 1.74. The lowest BCUT2D eigenvalue weighted by Crippen LogP contribution is -1.88. The minimum absolute atomic E-state index is 0.337. The Morgan fingerprint density at radius 1 is 0.875 bits per heavy atom. The van der Waals surface area contributed by atoms with Crippen molar-refractivity contribution in [2.75, 3.05) is 0 Å². The smallest absolute Gasteiger partial charge is 0.199 e. The summed E-state index contributed by atoms with van der Waals surface area (Å²) in [6.07, 6.45) is 0. The van der Waals surface area contributed by atoms with Gasteiger partial charge in [-0.15, -0.1) is 0 Å². The van der Waals surface area contributed by atoms with E-state index in [1.165, 1.54) is 0 Å².